The molecule has 0 unspecified atom stereocenters. The Morgan fingerprint density at radius 3 is 2.35 bits per heavy atom. The van der Waals surface area contributed by atoms with Gasteiger partial charge >= 0.3 is 5.97 Å². The zero-order valence-corrected chi connectivity index (χ0v) is 17.9. The van der Waals surface area contributed by atoms with Crippen LogP contribution in [-0.2, 0) is 19.6 Å². The Bertz CT molecular complexity index is 1190. The number of benzene rings is 3. The SMILES string of the molecule is Cc1cccc(C(=O)OCC(=O)Nc2cccc(S(=O)(=O)N(C)c3ccccc3)c2)c1. The van der Waals surface area contributed by atoms with E-state index in [1.807, 2.05) is 13.0 Å². The number of carbonyl (C=O) groups excluding carboxylic acids is 2. The first-order valence-corrected chi connectivity index (χ1v) is 10.9. The molecule has 0 radical (unpaired) electrons. The minimum Gasteiger partial charge on any atom is -0.452 e. The van der Waals surface area contributed by atoms with Gasteiger partial charge in [0.2, 0.25) is 0 Å². The van der Waals surface area contributed by atoms with E-state index in [0.29, 0.717) is 11.3 Å². The number of carbonyl (C=O) groups is 2. The smallest absolute Gasteiger partial charge is 0.338 e. The van der Waals surface area contributed by atoms with Crippen molar-refractivity contribution >= 4 is 33.3 Å². The predicted molar refractivity (Wildman–Crippen MR) is 119 cm³/mol. The lowest BCUT2D eigenvalue weighted by molar-refractivity contribution is -0.119. The zero-order chi connectivity index (χ0) is 22.4. The molecule has 1 amide bonds. The molecule has 0 saturated carbocycles. The number of aryl methyl sites for hydroxylation is 1. The summed E-state index contributed by atoms with van der Waals surface area (Å²) in [6.07, 6.45) is 0. The summed E-state index contributed by atoms with van der Waals surface area (Å²) >= 11 is 0. The van der Waals surface area contributed by atoms with Crippen molar-refractivity contribution < 1.29 is 22.7 Å². The van der Waals surface area contributed by atoms with Crippen LogP contribution in [0.4, 0.5) is 11.4 Å². The van der Waals surface area contributed by atoms with Crippen LogP contribution in [0.1, 0.15) is 15.9 Å². The maximum atomic E-state index is 12.9. The molecule has 31 heavy (non-hydrogen) atoms. The highest BCUT2D eigenvalue weighted by Crippen LogP contribution is 2.23. The van der Waals surface area contributed by atoms with Crippen LogP contribution < -0.4 is 9.62 Å². The molecule has 0 heterocycles. The first-order chi connectivity index (χ1) is 14.8. The second-order valence-corrected chi connectivity index (χ2v) is 8.80. The fourth-order valence-corrected chi connectivity index (χ4v) is 4.09. The van der Waals surface area contributed by atoms with Gasteiger partial charge in [0.05, 0.1) is 16.1 Å². The summed E-state index contributed by atoms with van der Waals surface area (Å²) in [5.41, 5.74) is 2.04. The number of nitrogens with one attached hydrogen (secondary N) is 1. The quantitative estimate of drug-likeness (QED) is 0.569. The number of para-hydroxylation sites is 1. The van der Waals surface area contributed by atoms with Crippen molar-refractivity contribution in [1.29, 1.82) is 0 Å². The van der Waals surface area contributed by atoms with Gasteiger partial charge in [-0.3, -0.25) is 9.10 Å². The lowest BCUT2D eigenvalue weighted by Gasteiger charge is -2.19. The van der Waals surface area contributed by atoms with E-state index < -0.39 is 28.5 Å². The van der Waals surface area contributed by atoms with Gasteiger partial charge in [-0.2, -0.15) is 0 Å². The lowest BCUT2D eigenvalue weighted by atomic mass is 10.1. The molecule has 0 bridgehead atoms. The van der Waals surface area contributed by atoms with Crippen LogP contribution in [0.25, 0.3) is 0 Å². The third-order valence-electron chi connectivity index (χ3n) is 4.48. The monoisotopic (exact) mass is 438 g/mol. The second kappa shape index (κ2) is 9.44. The minimum atomic E-state index is -3.82. The third-order valence-corrected chi connectivity index (χ3v) is 6.27. The molecule has 8 heteroatoms. The highest BCUT2D eigenvalue weighted by molar-refractivity contribution is 7.92. The van der Waals surface area contributed by atoms with Crippen molar-refractivity contribution in [1.82, 2.24) is 0 Å². The Morgan fingerprint density at radius 1 is 0.935 bits per heavy atom. The van der Waals surface area contributed by atoms with E-state index in [-0.39, 0.29) is 10.6 Å². The normalized spacial score (nSPS) is 10.9. The Morgan fingerprint density at radius 2 is 1.65 bits per heavy atom. The van der Waals surface area contributed by atoms with E-state index in [9.17, 15) is 18.0 Å². The summed E-state index contributed by atoms with van der Waals surface area (Å²) in [6, 6.07) is 21.4. The Hall–Kier alpha value is -3.65. The predicted octanol–water partition coefficient (Wildman–Crippen LogP) is 3.62. The second-order valence-electron chi connectivity index (χ2n) is 6.83. The number of anilines is 2. The van der Waals surface area contributed by atoms with Crippen molar-refractivity contribution in [3.05, 3.63) is 90.0 Å². The standard InChI is InChI=1S/C23H22N2O5S/c1-17-8-6-9-18(14-17)23(27)30-16-22(26)24-19-10-7-13-21(15-19)31(28,29)25(2)20-11-4-3-5-12-20/h3-15H,16H2,1-2H3,(H,24,26). The number of esters is 1. The Kier molecular flexibility index (Phi) is 6.71. The van der Waals surface area contributed by atoms with Crippen LogP contribution in [0.3, 0.4) is 0 Å². The largest absolute Gasteiger partial charge is 0.452 e. The number of sulfonamides is 1. The molecular weight excluding hydrogens is 416 g/mol. The molecule has 0 spiro atoms. The highest BCUT2D eigenvalue weighted by atomic mass is 32.2. The van der Waals surface area contributed by atoms with E-state index in [1.165, 1.54) is 25.2 Å². The van der Waals surface area contributed by atoms with Crippen LogP contribution >= 0.6 is 0 Å². The van der Waals surface area contributed by atoms with Gasteiger partial charge in [0.25, 0.3) is 15.9 Å². The molecule has 1 N–H and O–H groups in total. The summed E-state index contributed by atoms with van der Waals surface area (Å²) in [7, 11) is -2.36. The van der Waals surface area contributed by atoms with Gasteiger partial charge in [0.1, 0.15) is 0 Å². The fraction of sp³-hybridized carbons (Fsp3) is 0.130. The Balaban J connectivity index is 1.66. The first kappa shape index (κ1) is 22.0. The lowest BCUT2D eigenvalue weighted by Crippen LogP contribution is -2.26. The number of ether oxygens (including phenoxy) is 1. The molecule has 0 fully saturated rings. The third kappa shape index (κ3) is 5.49. The Labute approximate surface area is 181 Å². The molecule has 0 aliphatic heterocycles. The van der Waals surface area contributed by atoms with E-state index >= 15 is 0 Å². The number of nitrogens with zero attached hydrogens (tertiary/aromatic N) is 1. The van der Waals surface area contributed by atoms with Crippen LogP contribution in [0.15, 0.2) is 83.8 Å². The number of amides is 1. The molecule has 0 saturated heterocycles. The van der Waals surface area contributed by atoms with E-state index in [1.54, 1.807) is 54.6 Å². The maximum Gasteiger partial charge on any atom is 0.338 e. The van der Waals surface area contributed by atoms with Gasteiger partial charge < -0.3 is 10.1 Å². The van der Waals surface area contributed by atoms with Gasteiger partial charge in [-0.1, -0.05) is 42.0 Å². The molecular formula is C23H22N2O5S. The molecule has 3 aromatic carbocycles. The molecule has 3 rings (SSSR count). The van der Waals surface area contributed by atoms with Crippen molar-refractivity contribution in [3.63, 3.8) is 0 Å². The topological polar surface area (TPSA) is 92.8 Å². The van der Waals surface area contributed by atoms with Crippen LogP contribution in [0, 0.1) is 6.92 Å². The molecule has 160 valence electrons. The van der Waals surface area contributed by atoms with Gasteiger partial charge in [-0.25, -0.2) is 13.2 Å². The molecule has 3 aromatic rings. The molecule has 7 nitrogen and oxygen atoms in total. The first-order valence-electron chi connectivity index (χ1n) is 9.45. The average molecular weight is 439 g/mol. The zero-order valence-electron chi connectivity index (χ0n) is 17.1. The van der Waals surface area contributed by atoms with Gasteiger partial charge in [-0.05, 0) is 49.4 Å². The van der Waals surface area contributed by atoms with Crippen molar-refractivity contribution in [2.75, 3.05) is 23.3 Å². The van der Waals surface area contributed by atoms with Crippen LogP contribution in [0.5, 0.6) is 0 Å². The van der Waals surface area contributed by atoms with Crippen molar-refractivity contribution in [2.24, 2.45) is 0 Å². The molecule has 0 aliphatic rings. The van der Waals surface area contributed by atoms with Crippen LogP contribution in [-0.4, -0.2) is 33.9 Å². The molecule has 0 atom stereocenters. The van der Waals surface area contributed by atoms with Crippen molar-refractivity contribution in [2.45, 2.75) is 11.8 Å². The maximum absolute atomic E-state index is 12.9. The minimum absolute atomic E-state index is 0.0217. The number of rotatable bonds is 7. The number of hydrogen-bond donors (Lipinski definition) is 1. The molecule has 0 aliphatic carbocycles. The summed E-state index contributed by atoms with van der Waals surface area (Å²) in [6.45, 7) is 1.35. The van der Waals surface area contributed by atoms with E-state index in [0.717, 1.165) is 9.87 Å². The summed E-state index contributed by atoms with van der Waals surface area (Å²) in [5.74, 6) is -1.19. The summed E-state index contributed by atoms with van der Waals surface area (Å²) in [4.78, 5) is 24.3. The van der Waals surface area contributed by atoms with E-state index in [4.69, 9.17) is 4.74 Å². The van der Waals surface area contributed by atoms with Gasteiger partial charge in [0.15, 0.2) is 6.61 Å². The number of hydrogen-bond acceptors (Lipinski definition) is 5. The fourth-order valence-electron chi connectivity index (χ4n) is 2.85. The average Bonchev–Trinajstić information content (AvgIpc) is 2.77. The molecule has 0 aromatic heterocycles. The van der Waals surface area contributed by atoms with Crippen molar-refractivity contribution in [3.8, 4) is 0 Å². The highest BCUT2D eigenvalue weighted by Gasteiger charge is 2.21. The summed E-state index contributed by atoms with van der Waals surface area (Å²) in [5, 5.41) is 2.55. The van der Waals surface area contributed by atoms with Gasteiger partial charge in [-0.15, -0.1) is 0 Å². The summed E-state index contributed by atoms with van der Waals surface area (Å²) < 4.78 is 32.0. The van der Waals surface area contributed by atoms with Gasteiger partial charge in [0, 0.05) is 12.7 Å². The van der Waals surface area contributed by atoms with Crippen LogP contribution in [0.2, 0.25) is 0 Å². The van der Waals surface area contributed by atoms with E-state index in [2.05, 4.69) is 5.32 Å².